The van der Waals surface area contributed by atoms with Crippen LogP contribution >= 0.6 is 27.3 Å². The number of nitrogens with one attached hydrogen (secondary N) is 1. The zero-order valence-corrected chi connectivity index (χ0v) is 10.3. The summed E-state index contributed by atoms with van der Waals surface area (Å²) in [6.45, 7) is 3.85. The van der Waals surface area contributed by atoms with E-state index in [9.17, 15) is 0 Å². The molecule has 1 aromatic heterocycles. The average Bonchev–Trinajstić information content (AvgIpc) is 2.51. The second-order valence-electron chi connectivity index (χ2n) is 3.66. The number of aromatic nitrogens is 2. The van der Waals surface area contributed by atoms with Crippen LogP contribution in [0.3, 0.4) is 0 Å². The second-order valence-corrected chi connectivity index (χ2v) is 5.91. The Morgan fingerprint density at radius 2 is 2.14 bits per heavy atom. The van der Waals surface area contributed by atoms with Gasteiger partial charge in [-0.2, -0.15) is 0 Å². The summed E-state index contributed by atoms with van der Waals surface area (Å²) < 4.78 is 6.14. The smallest absolute Gasteiger partial charge is 0.206 e. The van der Waals surface area contributed by atoms with E-state index >= 15 is 0 Å². The van der Waals surface area contributed by atoms with Crippen LogP contribution in [0.5, 0.6) is 0 Å². The van der Waals surface area contributed by atoms with Crippen molar-refractivity contribution in [3.05, 3.63) is 3.92 Å². The van der Waals surface area contributed by atoms with Gasteiger partial charge in [-0.05, 0) is 35.7 Å². The lowest BCUT2D eigenvalue weighted by molar-refractivity contribution is 0.0658. The third kappa shape index (κ3) is 2.43. The molecule has 0 unspecified atom stereocenters. The summed E-state index contributed by atoms with van der Waals surface area (Å²) >= 11 is 4.82. The van der Waals surface area contributed by atoms with Gasteiger partial charge in [0.05, 0.1) is 0 Å². The maximum atomic E-state index is 5.33. The van der Waals surface area contributed by atoms with Gasteiger partial charge >= 0.3 is 0 Å². The van der Waals surface area contributed by atoms with E-state index in [0.29, 0.717) is 0 Å². The van der Waals surface area contributed by atoms with E-state index in [1.807, 2.05) is 0 Å². The van der Waals surface area contributed by atoms with E-state index < -0.39 is 0 Å². The Kier molecular flexibility index (Phi) is 3.04. The molecule has 6 heteroatoms. The fourth-order valence-corrected chi connectivity index (χ4v) is 2.62. The quantitative estimate of drug-likeness (QED) is 0.901. The minimum atomic E-state index is 0.108. The molecule has 1 fully saturated rings. The highest BCUT2D eigenvalue weighted by molar-refractivity contribution is 9.11. The van der Waals surface area contributed by atoms with E-state index in [-0.39, 0.29) is 5.54 Å². The molecule has 14 heavy (non-hydrogen) atoms. The van der Waals surface area contributed by atoms with Gasteiger partial charge in [-0.1, -0.05) is 11.3 Å². The first-order valence-corrected chi connectivity index (χ1v) is 6.14. The molecule has 0 spiro atoms. The van der Waals surface area contributed by atoms with Crippen molar-refractivity contribution in [2.24, 2.45) is 0 Å². The van der Waals surface area contributed by atoms with Gasteiger partial charge in [-0.15, -0.1) is 10.2 Å². The van der Waals surface area contributed by atoms with Gasteiger partial charge in [0.2, 0.25) is 5.13 Å². The van der Waals surface area contributed by atoms with Crippen LogP contribution in [0.1, 0.15) is 19.8 Å². The molecule has 1 aliphatic heterocycles. The van der Waals surface area contributed by atoms with Crippen LogP contribution in [-0.4, -0.2) is 29.0 Å². The topological polar surface area (TPSA) is 47.0 Å². The molecule has 0 atom stereocenters. The lowest BCUT2D eigenvalue weighted by atomic mass is 9.93. The Morgan fingerprint density at radius 1 is 1.43 bits per heavy atom. The highest BCUT2D eigenvalue weighted by Gasteiger charge is 2.27. The number of hydrogen-bond donors (Lipinski definition) is 1. The predicted molar refractivity (Wildman–Crippen MR) is 59.7 cm³/mol. The molecule has 0 aliphatic carbocycles. The summed E-state index contributed by atoms with van der Waals surface area (Å²) in [6.07, 6.45) is 2.04. The van der Waals surface area contributed by atoms with Crippen molar-refractivity contribution in [2.45, 2.75) is 25.3 Å². The molecule has 4 nitrogen and oxygen atoms in total. The van der Waals surface area contributed by atoms with E-state index in [4.69, 9.17) is 4.74 Å². The fourth-order valence-electron chi connectivity index (χ4n) is 1.46. The van der Waals surface area contributed by atoms with Crippen molar-refractivity contribution in [1.29, 1.82) is 0 Å². The summed E-state index contributed by atoms with van der Waals surface area (Å²) in [6, 6.07) is 0. The predicted octanol–water partition coefficient (Wildman–Crippen LogP) is 2.28. The largest absolute Gasteiger partial charge is 0.381 e. The molecule has 0 radical (unpaired) electrons. The Balaban J connectivity index is 2.01. The molecule has 0 amide bonds. The number of ether oxygens (including phenoxy) is 1. The first-order chi connectivity index (χ1) is 6.68. The standard InChI is InChI=1S/C8H12BrN3OS/c1-8(2-4-13-5-3-8)10-7-12-11-6(9)14-7/h2-5H2,1H3,(H,10,12). The van der Waals surface area contributed by atoms with Crippen LogP contribution in [0, 0.1) is 0 Å². The highest BCUT2D eigenvalue weighted by Crippen LogP contribution is 2.28. The maximum Gasteiger partial charge on any atom is 0.206 e. The number of hydrogen-bond acceptors (Lipinski definition) is 5. The first-order valence-electron chi connectivity index (χ1n) is 4.53. The van der Waals surface area contributed by atoms with E-state index in [1.54, 1.807) is 0 Å². The summed E-state index contributed by atoms with van der Waals surface area (Å²) in [5.74, 6) is 0. The molecule has 1 saturated heterocycles. The van der Waals surface area contributed by atoms with E-state index in [1.165, 1.54) is 11.3 Å². The zero-order valence-electron chi connectivity index (χ0n) is 7.92. The minimum absolute atomic E-state index is 0.108. The van der Waals surface area contributed by atoms with Gasteiger partial charge in [-0.3, -0.25) is 0 Å². The van der Waals surface area contributed by atoms with Gasteiger partial charge in [0, 0.05) is 18.8 Å². The van der Waals surface area contributed by atoms with Crippen LogP contribution in [0.25, 0.3) is 0 Å². The Labute approximate surface area is 95.2 Å². The Hall–Kier alpha value is -0.200. The summed E-state index contributed by atoms with van der Waals surface area (Å²) in [4.78, 5) is 0. The van der Waals surface area contributed by atoms with Gasteiger partial charge < -0.3 is 10.1 Å². The van der Waals surface area contributed by atoms with E-state index in [0.717, 1.165) is 35.1 Å². The van der Waals surface area contributed by atoms with Gasteiger partial charge in [-0.25, -0.2) is 0 Å². The van der Waals surface area contributed by atoms with Crippen LogP contribution in [-0.2, 0) is 4.74 Å². The van der Waals surface area contributed by atoms with Crippen LogP contribution in [0.4, 0.5) is 5.13 Å². The van der Waals surface area contributed by atoms with Crippen LogP contribution < -0.4 is 5.32 Å². The highest BCUT2D eigenvalue weighted by atomic mass is 79.9. The van der Waals surface area contributed by atoms with Crippen molar-refractivity contribution in [3.63, 3.8) is 0 Å². The minimum Gasteiger partial charge on any atom is -0.381 e. The monoisotopic (exact) mass is 277 g/mol. The first kappa shape index (κ1) is 10.3. The van der Waals surface area contributed by atoms with Gasteiger partial charge in [0.15, 0.2) is 3.92 Å². The Bertz CT molecular complexity index is 311. The zero-order chi connectivity index (χ0) is 10.0. The summed E-state index contributed by atoms with van der Waals surface area (Å²) in [7, 11) is 0. The summed E-state index contributed by atoms with van der Waals surface area (Å²) in [5, 5.41) is 12.2. The third-order valence-corrected chi connectivity index (χ3v) is 3.68. The second kappa shape index (κ2) is 4.12. The van der Waals surface area contributed by atoms with Crippen molar-refractivity contribution in [1.82, 2.24) is 10.2 Å². The van der Waals surface area contributed by atoms with Crippen molar-refractivity contribution < 1.29 is 4.74 Å². The Morgan fingerprint density at radius 3 is 2.71 bits per heavy atom. The molecular weight excluding hydrogens is 266 g/mol. The molecule has 0 aromatic carbocycles. The van der Waals surface area contributed by atoms with Crippen molar-refractivity contribution >= 4 is 32.4 Å². The van der Waals surface area contributed by atoms with E-state index in [2.05, 4.69) is 38.4 Å². The average molecular weight is 278 g/mol. The summed E-state index contributed by atoms with van der Waals surface area (Å²) in [5.41, 5.74) is 0.108. The van der Waals surface area contributed by atoms with Crippen LogP contribution in [0.15, 0.2) is 3.92 Å². The number of rotatable bonds is 2. The normalized spacial score (nSPS) is 20.7. The van der Waals surface area contributed by atoms with Gasteiger partial charge in [0.1, 0.15) is 0 Å². The molecule has 0 saturated carbocycles. The third-order valence-electron chi connectivity index (χ3n) is 2.41. The van der Waals surface area contributed by atoms with Gasteiger partial charge in [0.25, 0.3) is 0 Å². The lowest BCUT2D eigenvalue weighted by Gasteiger charge is -2.34. The molecule has 1 aliphatic rings. The number of nitrogens with zero attached hydrogens (tertiary/aromatic N) is 2. The molecule has 1 aromatic rings. The van der Waals surface area contributed by atoms with Crippen molar-refractivity contribution in [3.8, 4) is 0 Å². The van der Waals surface area contributed by atoms with Crippen molar-refractivity contribution in [2.75, 3.05) is 18.5 Å². The molecule has 0 bridgehead atoms. The molecule has 78 valence electrons. The number of anilines is 1. The van der Waals surface area contributed by atoms with Crippen LogP contribution in [0.2, 0.25) is 0 Å². The SMILES string of the molecule is CC1(Nc2nnc(Br)s2)CCOCC1. The lowest BCUT2D eigenvalue weighted by Crippen LogP contribution is -2.40. The molecule has 1 N–H and O–H groups in total. The fraction of sp³-hybridized carbons (Fsp3) is 0.750. The maximum absolute atomic E-state index is 5.33. The molecule has 2 rings (SSSR count). The molecular formula is C8H12BrN3OS. The molecule has 2 heterocycles. The number of halogens is 1.